The van der Waals surface area contributed by atoms with Crippen molar-refractivity contribution in [1.29, 1.82) is 0 Å². The Bertz CT molecular complexity index is 328. The second-order valence-electron chi connectivity index (χ2n) is 3.74. The van der Waals surface area contributed by atoms with Crippen molar-refractivity contribution in [3.8, 4) is 0 Å². The van der Waals surface area contributed by atoms with Crippen LogP contribution in [0, 0.1) is 5.92 Å². The maximum Gasteiger partial charge on any atom is 0.0571 e. The zero-order valence-corrected chi connectivity index (χ0v) is 7.83. The van der Waals surface area contributed by atoms with Crippen molar-refractivity contribution >= 4 is 0 Å². The first kappa shape index (κ1) is 8.52. The van der Waals surface area contributed by atoms with E-state index in [1.807, 2.05) is 18.2 Å². The molecule has 1 heteroatoms. The fraction of sp³-hybridized carbons (Fsp3) is 0.333. The molecule has 0 unspecified atom stereocenters. The number of rotatable bonds is 2. The Balaban J connectivity index is 2.41. The highest BCUT2D eigenvalue weighted by Crippen LogP contribution is 2.57. The van der Waals surface area contributed by atoms with E-state index in [9.17, 15) is 5.11 Å². The average molecular weight is 174 g/mol. The van der Waals surface area contributed by atoms with Crippen LogP contribution in [0.25, 0.3) is 0 Å². The summed E-state index contributed by atoms with van der Waals surface area (Å²) in [6.45, 7) is 6.28. The zero-order chi connectivity index (χ0) is 9.47. The molecule has 0 bridgehead atoms. The van der Waals surface area contributed by atoms with E-state index in [4.69, 9.17) is 0 Å². The van der Waals surface area contributed by atoms with Crippen LogP contribution in [-0.4, -0.2) is 11.7 Å². The van der Waals surface area contributed by atoms with Crippen molar-refractivity contribution < 1.29 is 5.11 Å². The zero-order valence-electron chi connectivity index (χ0n) is 7.83. The fourth-order valence-electron chi connectivity index (χ4n) is 2.12. The Kier molecular flexibility index (Phi) is 1.77. The highest BCUT2D eigenvalue weighted by Gasteiger charge is 2.56. The Labute approximate surface area is 78.7 Å². The van der Waals surface area contributed by atoms with Crippen molar-refractivity contribution in [3.63, 3.8) is 0 Å². The highest BCUT2D eigenvalue weighted by molar-refractivity contribution is 5.51. The minimum atomic E-state index is -0.138. The van der Waals surface area contributed by atoms with Crippen LogP contribution in [0.5, 0.6) is 0 Å². The van der Waals surface area contributed by atoms with Crippen molar-refractivity contribution in [1.82, 2.24) is 0 Å². The minimum absolute atomic E-state index is 0.138. The maximum atomic E-state index is 9.39. The molecule has 1 fully saturated rings. The van der Waals surface area contributed by atoms with Crippen molar-refractivity contribution in [2.45, 2.75) is 12.3 Å². The van der Waals surface area contributed by atoms with Gasteiger partial charge in [0.15, 0.2) is 0 Å². The van der Waals surface area contributed by atoms with Gasteiger partial charge in [-0.2, -0.15) is 0 Å². The van der Waals surface area contributed by atoms with Crippen LogP contribution in [0.4, 0.5) is 0 Å². The lowest BCUT2D eigenvalue weighted by Crippen LogP contribution is -2.14. The molecule has 68 valence electrons. The van der Waals surface area contributed by atoms with Gasteiger partial charge in [-0.05, 0) is 11.5 Å². The molecule has 1 aliphatic carbocycles. The fourth-order valence-corrected chi connectivity index (χ4v) is 2.12. The van der Waals surface area contributed by atoms with Crippen molar-refractivity contribution in [2.24, 2.45) is 5.92 Å². The molecule has 1 N–H and O–H groups in total. The molecule has 0 saturated heterocycles. The van der Waals surface area contributed by atoms with Crippen LogP contribution in [0.1, 0.15) is 12.5 Å². The number of hydrogen-bond donors (Lipinski definition) is 1. The largest absolute Gasteiger partial charge is 0.395 e. The predicted octanol–water partition coefficient (Wildman–Crippen LogP) is 2.12. The molecule has 0 aromatic heterocycles. The number of aliphatic hydroxyl groups excluding tert-OH is 1. The Morgan fingerprint density at radius 3 is 2.31 bits per heavy atom. The number of aliphatic hydroxyl groups is 1. The van der Waals surface area contributed by atoms with Crippen molar-refractivity contribution in [2.75, 3.05) is 6.61 Å². The van der Waals surface area contributed by atoms with Gasteiger partial charge in [0, 0.05) is 5.41 Å². The van der Waals surface area contributed by atoms with Crippen LogP contribution in [-0.2, 0) is 5.41 Å². The quantitative estimate of drug-likeness (QED) is 0.681. The first-order valence-electron chi connectivity index (χ1n) is 4.59. The molecule has 0 aliphatic heterocycles. The summed E-state index contributed by atoms with van der Waals surface area (Å²) in [7, 11) is 0. The molecule has 2 rings (SSSR count). The Morgan fingerprint density at radius 1 is 1.38 bits per heavy atom. The molecular weight excluding hydrogens is 160 g/mol. The van der Waals surface area contributed by atoms with E-state index >= 15 is 0 Å². The summed E-state index contributed by atoms with van der Waals surface area (Å²) in [5, 5.41) is 9.39. The van der Waals surface area contributed by atoms with Crippen LogP contribution in [0.3, 0.4) is 0 Å². The standard InChI is InChI=1S/C12H14O/c1-9-10(2)12(9,8-13)11-6-4-3-5-7-11/h3-7,10,13H,1,8H2,2H3/t10-,12+/m0/s1. The SMILES string of the molecule is C=C1[C@H](C)[C@]1(CO)c1ccccc1. The van der Waals surface area contributed by atoms with Gasteiger partial charge in [0.1, 0.15) is 0 Å². The molecule has 0 amide bonds. The summed E-state index contributed by atoms with van der Waals surface area (Å²) in [5.74, 6) is 0.417. The van der Waals surface area contributed by atoms with Crippen LogP contribution in [0.2, 0.25) is 0 Å². The summed E-state index contributed by atoms with van der Waals surface area (Å²) in [5.41, 5.74) is 2.21. The van der Waals surface area contributed by atoms with Gasteiger partial charge in [-0.1, -0.05) is 49.4 Å². The molecular formula is C12H14O. The van der Waals surface area contributed by atoms with E-state index < -0.39 is 0 Å². The molecule has 1 aliphatic rings. The third-order valence-corrected chi connectivity index (χ3v) is 3.29. The second-order valence-corrected chi connectivity index (χ2v) is 3.74. The number of benzene rings is 1. The first-order valence-corrected chi connectivity index (χ1v) is 4.59. The third-order valence-electron chi connectivity index (χ3n) is 3.29. The van der Waals surface area contributed by atoms with Gasteiger partial charge in [0.05, 0.1) is 6.61 Å². The molecule has 1 aromatic rings. The maximum absolute atomic E-state index is 9.39. The monoisotopic (exact) mass is 174 g/mol. The van der Waals surface area contributed by atoms with Gasteiger partial charge in [-0.15, -0.1) is 0 Å². The summed E-state index contributed by atoms with van der Waals surface area (Å²) in [6.07, 6.45) is 0. The number of hydrogen-bond acceptors (Lipinski definition) is 1. The third kappa shape index (κ3) is 0.971. The van der Waals surface area contributed by atoms with E-state index in [1.165, 1.54) is 5.56 Å². The summed E-state index contributed by atoms with van der Waals surface area (Å²) >= 11 is 0. The van der Waals surface area contributed by atoms with Crippen LogP contribution < -0.4 is 0 Å². The smallest absolute Gasteiger partial charge is 0.0571 e. The Hall–Kier alpha value is -1.08. The lowest BCUT2D eigenvalue weighted by atomic mass is 9.94. The molecule has 1 saturated carbocycles. The molecule has 1 nitrogen and oxygen atoms in total. The van der Waals surface area contributed by atoms with Gasteiger partial charge in [-0.3, -0.25) is 0 Å². The summed E-state index contributed by atoms with van der Waals surface area (Å²) < 4.78 is 0. The molecule has 0 heterocycles. The topological polar surface area (TPSA) is 20.2 Å². The summed E-state index contributed by atoms with van der Waals surface area (Å²) in [6, 6.07) is 10.1. The van der Waals surface area contributed by atoms with E-state index in [2.05, 4.69) is 25.6 Å². The van der Waals surface area contributed by atoms with Gasteiger partial charge < -0.3 is 5.11 Å². The van der Waals surface area contributed by atoms with E-state index in [0.717, 1.165) is 5.57 Å². The van der Waals surface area contributed by atoms with Gasteiger partial charge in [-0.25, -0.2) is 0 Å². The van der Waals surface area contributed by atoms with E-state index in [0.29, 0.717) is 5.92 Å². The molecule has 0 radical (unpaired) electrons. The molecule has 0 spiro atoms. The van der Waals surface area contributed by atoms with E-state index in [1.54, 1.807) is 0 Å². The minimum Gasteiger partial charge on any atom is -0.395 e. The lowest BCUT2D eigenvalue weighted by Gasteiger charge is -2.12. The van der Waals surface area contributed by atoms with Crippen molar-refractivity contribution in [3.05, 3.63) is 48.0 Å². The average Bonchev–Trinajstić information content (AvgIpc) is 2.72. The van der Waals surface area contributed by atoms with Crippen LogP contribution in [0.15, 0.2) is 42.5 Å². The normalized spacial score (nSPS) is 31.8. The van der Waals surface area contributed by atoms with Gasteiger partial charge >= 0.3 is 0 Å². The molecule has 1 aromatic carbocycles. The first-order chi connectivity index (χ1) is 6.23. The Morgan fingerprint density at radius 2 is 1.92 bits per heavy atom. The second kappa shape index (κ2) is 2.71. The molecule has 2 atom stereocenters. The molecule has 13 heavy (non-hydrogen) atoms. The lowest BCUT2D eigenvalue weighted by molar-refractivity contribution is 0.251. The predicted molar refractivity (Wildman–Crippen MR) is 53.5 cm³/mol. The van der Waals surface area contributed by atoms with E-state index in [-0.39, 0.29) is 12.0 Å². The summed E-state index contributed by atoms with van der Waals surface area (Å²) in [4.78, 5) is 0. The van der Waals surface area contributed by atoms with Gasteiger partial charge in [0.2, 0.25) is 0 Å². The van der Waals surface area contributed by atoms with Gasteiger partial charge in [0.25, 0.3) is 0 Å². The highest BCUT2D eigenvalue weighted by atomic mass is 16.3. The van der Waals surface area contributed by atoms with Crippen LogP contribution >= 0.6 is 0 Å².